The SMILES string of the molecule is Nc1ccc(SCCC(=O)Nc2ccccc2)c(Br)c1. The molecule has 2 aromatic carbocycles. The maximum absolute atomic E-state index is 11.8. The zero-order chi connectivity index (χ0) is 14.4. The van der Waals surface area contributed by atoms with Crippen molar-refractivity contribution in [3.63, 3.8) is 0 Å². The lowest BCUT2D eigenvalue weighted by atomic mass is 10.3. The Bertz CT molecular complexity index is 590. The number of halogens is 1. The van der Waals surface area contributed by atoms with E-state index in [2.05, 4.69) is 21.2 Å². The molecule has 0 aliphatic heterocycles. The lowest BCUT2D eigenvalue weighted by Crippen LogP contribution is -2.11. The molecule has 0 heterocycles. The molecular formula is C15H15BrN2OS. The van der Waals surface area contributed by atoms with Gasteiger partial charge in [-0.15, -0.1) is 11.8 Å². The minimum Gasteiger partial charge on any atom is -0.399 e. The molecule has 2 aromatic rings. The number of benzene rings is 2. The van der Waals surface area contributed by atoms with E-state index < -0.39 is 0 Å². The van der Waals surface area contributed by atoms with Crippen LogP contribution in [0.1, 0.15) is 6.42 Å². The van der Waals surface area contributed by atoms with Crippen LogP contribution < -0.4 is 11.1 Å². The maximum Gasteiger partial charge on any atom is 0.225 e. The van der Waals surface area contributed by atoms with Gasteiger partial charge in [-0.3, -0.25) is 4.79 Å². The van der Waals surface area contributed by atoms with E-state index in [9.17, 15) is 4.79 Å². The highest BCUT2D eigenvalue weighted by Crippen LogP contribution is 2.29. The Morgan fingerprint density at radius 3 is 2.65 bits per heavy atom. The normalized spacial score (nSPS) is 10.2. The summed E-state index contributed by atoms with van der Waals surface area (Å²) in [6.45, 7) is 0. The standard InChI is InChI=1S/C15H15BrN2OS/c16-13-10-11(17)6-7-14(13)20-9-8-15(19)18-12-4-2-1-3-5-12/h1-7,10H,8-9,17H2,(H,18,19). The monoisotopic (exact) mass is 350 g/mol. The summed E-state index contributed by atoms with van der Waals surface area (Å²) in [5, 5.41) is 2.87. The van der Waals surface area contributed by atoms with Gasteiger partial charge in [0.05, 0.1) is 0 Å². The Morgan fingerprint density at radius 1 is 1.20 bits per heavy atom. The highest BCUT2D eigenvalue weighted by Gasteiger charge is 2.05. The van der Waals surface area contributed by atoms with Crippen molar-refractivity contribution >= 4 is 45.0 Å². The van der Waals surface area contributed by atoms with Crippen molar-refractivity contribution in [3.05, 3.63) is 53.0 Å². The number of amides is 1. The molecule has 0 bridgehead atoms. The zero-order valence-electron chi connectivity index (χ0n) is 10.8. The van der Waals surface area contributed by atoms with Gasteiger partial charge in [-0.1, -0.05) is 18.2 Å². The predicted octanol–water partition coefficient (Wildman–Crippen LogP) is 4.15. The van der Waals surface area contributed by atoms with Crippen molar-refractivity contribution in [1.29, 1.82) is 0 Å². The van der Waals surface area contributed by atoms with E-state index in [4.69, 9.17) is 5.73 Å². The summed E-state index contributed by atoms with van der Waals surface area (Å²) in [7, 11) is 0. The van der Waals surface area contributed by atoms with Crippen molar-refractivity contribution in [2.24, 2.45) is 0 Å². The lowest BCUT2D eigenvalue weighted by Gasteiger charge is -2.06. The van der Waals surface area contributed by atoms with Gasteiger partial charge in [-0.05, 0) is 46.3 Å². The van der Waals surface area contributed by atoms with E-state index in [1.54, 1.807) is 11.8 Å². The van der Waals surface area contributed by atoms with Gasteiger partial charge >= 0.3 is 0 Å². The number of anilines is 2. The Balaban J connectivity index is 1.79. The molecule has 0 saturated heterocycles. The van der Waals surface area contributed by atoms with Gasteiger partial charge in [0.25, 0.3) is 0 Å². The molecule has 5 heteroatoms. The summed E-state index contributed by atoms with van der Waals surface area (Å²) in [4.78, 5) is 12.9. The number of hydrogen-bond acceptors (Lipinski definition) is 3. The molecule has 0 spiro atoms. The van der Waals surface area contributed by atoms with Crippen LogP contribution in [0.3, 0.4) is 0 Å². The molecular weight excluding hydrogens is 336 g/mol. The fraction of sp³-hybridized carbons (Fsp3) is 0.133. The molecule has 0 aliphatic rings. The number of nitrogens with two attached hydrogens (primary N) is 1. The van der Waals surface area contributed by atoms with Gasteiger partial charge in [0.1, 0.15) is 0 Å². The van der Waals surface area contributed by atoms with Crippen molar-refractivity contribution in [1.82, 2.24) is 0 Å². The molecule has 104 valence electrons. The molecule has 2 rings (SSSR count). The summed E-state index contributed by atoms with van der Waals surface area (Å²) in [6.07, 6.45) is 0.469. The Hall–Kier alpha value is -1.46. The fourth-order valence-corrected chi connectivity index (χ4v) is 3.24. The molecule has 0 aromatic heterocycles. The molecule has 3 nitrogen and oxygen atoms in total. The quantitative estimate of drug-likeness (QED) is 0.628. The van der Waals surface area contributed by atoms with Gasteiger partial charge in [0, 0.05) is 32.9 Å². The van der Waals surface area contributed by atoms with Crippen LogP contribution in [0.2, 0.25) is 0 Å². The predicted molar refractivity (Wildman–Crippen MR) is 89.0 cm³/mol. The van der Waals surface area contributed by atoms with E-state index >= 15 is 0 Å². The summed E-state index contributed by atoms with van der Waals surface area (Å²) >= 11 is 5.10. The molecule has 0 radical (unpaired) electrons. The van der Waals surface area contributed by atoms with Crippen molar-refractivity contribution < 1.29 is 4.79 Å². The summed E-state index contributed by atoms with van der Waals surface area (Å²) in [5.41, 5.74) is 7.24. The first kappa shape index (κ1) is 14.9. The molecule has 0 saturated carbocycles. The second-order valence-electron chi connectivity index (χ2n) is 4.20. The number of carbonyl (C=O) groups is 1. The van der Waals surface area contributed by atoms with Gasteiger partial charge in [-0.25, -0.2) is 0 Å². The Labute approximate surface area is 131 Å². The molecule has 0 fully saturated rings. The lowest BCUT2D eigenvalue weighted by molar-refractivity contribution is -0.115. The van der Waals surface area contributed by atoms with Crippen molar-refractivity contribution in [3.8, 4) is 0 Å². The summed E-state index contributed by atoms with van der Waals surface area (Å²) in [6, 6.07) is 15.2. The number of rotatable bonds is 5. The van der Waals surface area contributed by atoms with Crippen LogP contribution >= 0.6 is 27.7 Å². The maximum atomic E-state index is 11.8. The number of para-hydroxylation sites is 1. The molecule has 20 heavy (non-hydrogen) atoms. The minimum atomic E-state index is 0.0234. The van der Waals surface area contributed by atoms with Crippen LogP contribution in [-0.4, -0.2) is 11.7 Å². The largest absolute Gasteiger partial charge is 0.399 e. The number of nitrogen functional groups attached to an aromatic ring is 1. The third kappa shape index (κ3) is 4.58. The Morgan fingerprint density at radius 2 is 1.95 bits per heavy atom. The van der Waals surface area contributed by atoms with Crippen LogP contribution in [0.15, 0.2) is 57.9 Å². The second kappa shape index (κ2) is 7.36. The highest BCUT2D eigenvalue weighted by molar-refractivity contribution is 9.10. The summed E-state index contributed by atoms with van der Waals surface area (Å²) < 4.78 is 0.964. The third-order valence-electron chi connectivity index (χ3n) is 2.60. The van der Waals surface area contributed by atoms with Crippen LogP contribution in [0.5, 0.6) is 0 Å². The average molecular weight is 351 g/mol. The number of thioether (sulfide) groups is 1. The number of carbonyl (C=O) groups excluding carboxylic acids is 1. The van der Waals surface area contributed by atoms with E-state index in [1.165, 1.54) is 0 Å². The van der Waals surface area contributed by atoms with E-state index in [1.807, 2.05) is 48.5 Å². The second-order valence-corrected chi connectivity index (χ2v) is 6.19. The first-order valence-corrected chi connectivity index (χ1v) is 7.96. The third-order valence-corrected chi connectivity index (χ3v) is 4.59. The number of hydrogen-bond donors (Lipinski definition) is 2. The van der Waals surface area contributed by atoms with Crippen molar-refractivity contribution in [2.75, 3.05) is 16.8 Å². The van der Waals surface area contributed by atoms with Crippen LogP contribution in [0, 0.1) is 0 Å². The van der Waals surface area contributed by atoms with Crippen LogP contribution in [0.25, 0.3) is 0 Å². The molecule has 0 atom stereocenters. The van der Waals surface area contributed by atoms with Crippen LogP contribution in [-0.2, 0) is 4.79 Å². The number of nitrogens with one attached hydrogen (secondary N) is 1. The molecule has 0 unspecified atom stereocenters. The van der Waals surface area contributed by atoms with Gasteiger partial charge in [0.2, 0.25) is 5.91 Å². The fourth-order valence-electron chi connectivity index (χ4n) is 1.63. The minimum absolute atomic E-state index is 0.0234. The first-order chi connectivity index (χ1) is 9.65. The van der Waals surface area contributed by atoms with E-state index in [-0.39, 0.29) is 5.91 Å². The Kier molecular flexibility index (Phi) is 5.49. The van der Waals surface area contributed by atoms with E-state index in [0.717, 1.165) is 26.5 Å². The van der Waals surface area contributed by atoms with Gasteiger partial charge < -0.3 is 11.1 Å². The molecule has 0 aliphatic carbocycles. The van der Waals surface area contributed by atoms with Gasteiger partial charge in [-0.2, -0.15) is 0 Å². The highest BCUT2D eigenvalue weighted by atomic mass is 79.9. The van der Waals surface area contributed by atoms with Crippen LogP contribution in [0.4, 0.5) is 11.4 Å². The summed E-state index contributed by atoms with van der Waals surface area (Å²) in [5.74, 6) is 0.747. The van der Waals surface area contributed by atoms with Crippen molar-refractivity contribution in [2.45, 2.75) is 11.3 Å². The smallest absolute Gasteiger partial charge is 0.225 e. The first-order valence-electron chi connectivity index (χ1n) is 6.18. The molecule has 1 amide bonds. The van der Waals surface area contributed by atoms with E-state index in [0.29, 0.717) is 6.42 Å². The average Bonchev–Trinajstić information content (AvgIpc) is 2.42. The topological polar surface area (TPSA) is 55.1 Å². The molecule has 3 N–H and O–H groups in total. The zero-order valence-corrected chi connectivity index (χ0v) is 13.2. The van der Waals surface area contributed by atoms with Gasteiger partial charge in [0.15, 0.2) is 0 Å².